The fraction of sp³-hybridized carbons (Fsp3) is 0.278. The van der Waals surface area contributed by atoms with E-state index in [4.69, 9.17) is 4.74 Å². The first-order valence-corrected chi connectivity index (χ1v) is 7.77. The van der Waals surface area contributed by atoms with Crippen molar-refractivity contribution in [2.45, 2.75) is 18.9 Å². The molecule has 1 saturated heterocycles. The summed E-state index contributed by atoms with van der Waals surface area (Å²) in [6.07, 6.45) is 8.53. The maximum Gasteiger partial charge on any atom is 0.316 e. The summed E-state index contributed by atoms with van der Waals surface area (Å²) in [5.41, 5.74) is 1.02. The summed E-state index contributed by atoms with van der Waals surface area (Å²) in [6, 6.07) is 11.9. The van der Waals surface area contributed by atoms with Crippen LogP contribution < -0.4 is 4.74 Å². The smallest absolute Gasteiger partial charge is 0.316 e. The van der Waals surface area contributed by atoms with Crippen LogP contribution in [0.5, 0.6) is 6.01 Å². The zero-order chi connectivity index (χ0) is 15.9. The first kappa shape index (κ1) is 15.2. The quantitative estimate of drug-likeness (QED) is 0.815. The maximum atomic E-state index is 12.3. The van der Waals surface area contributed by atoms with E-state index < -0.39 is 0 Å². The largest absolute Gasteiger partial charge is 0.458 e. The Hall–Kier alpha value is -2.69. The number of ether oxygens (including phenoxy) is 1. The van der Waals surface area contributed by atoms with Crippen molar-refractivity contribution in [3.8, 4) is 6.01 Å². The molecule has 2 heterocycles. The van der Waals surface area contributed by atoms with Crippen molar-refractivity contribution in [2.24, 2.45) is 0 Å². The molecule has 0 aliphatic carbocycles. The van der Waals surface area contributed by atoms with Crippen LogP contribution in [0.3, 0.4) is 0 Å². The Labute approximate surface area is 135 Å². The lowest BCUT2D eigenvalue weighted by Crippen LogP contribution is -2.43. The summed E-state index contributed by atoms with van der Waals surface area (Å²) in [5, 5.41) is 0. The second-order valence-electron chi connectivity index (χ2n) is 5.44. The molecule has 1 aliphatic rings. The standard InChI is InChI=1S/C18H19N3O2/c22-17(10-9-15-6-2-1-3-7-15)21-13-4-8-16(14-21)23-18-19-11-5-12-20-18/h1-3,5-7,9-12,16H,4,8,13-14H2/b10-9+. The molecule has 1 aromatic carbocycles. The summed E-state index contributed by atoms with van der Waals surface area (Å²) >= 11 is 0. The predicted molar refractivity (Wildman–Crippen MR) is 87.7 cm³/mol. The highest BCUT2D eigenvalue weighted by molar-refractivity contribution is 5.91. The summed E-state index contributed by atoms with van der Waals surface area (Å²) in [7, 11) is 0. The maximum absolute atomic E-state index is 12.3. The van der Waals surface area contributed by atoms with Crippen LogP contribution in [0, 0.1) is 0 Å². The molecule has 1 aliphatic heterocycles. The average Bonchev–Trinajstić information content (AvgIpc) is 2.62. The molecule has 5 heteroatoms. The van der Waals surface area contributed by atoms with Gasteiger partial charge in [-0.2, -0.15) is 0 Å². The molecule has 1 amide bonds. The molecule has 2 aromatic rings. The zero-order valence-electron chi connectivity index (χ0n) is 12.8. The fourth-order valence-electron chi connectivity index (χ4n) is 2.57. The number of likely N-dealkylation sites (tertiary alicyclic amines) is 1. The third-order valence-corrected chi connectivity index (χ3v) is 3.72. The third-order valence-electron chi connectivity index (χ3n) is 3.72. The Kier molecular flexibility index (Phi) is 4.99. The van der Waals surface area contributed by atoms with Gasteiger partial charge in [0.2, 0.25) is 5.91 Å². The van der Waals surface area contributed by atoms with E-state index in [-0.39, 0.29) is 12.0 Å². The lowest BCUT2D eigenvalue weighted by atomic mass is 10.1. The van der Waals surface area contributed by atoms with Gasteiger partial charge in [-0.25, -0.2) is 9.97 Å². The van der Waals surface area contributed by atoms with Crippen molar-refractivity contribution in [1.29, 1.82) is 0 Å². The van der Waals surface area contributed by atoms with Crippen LogP contribution in [0.4, 0.5) is 0 Å². The van der Waals surface area contributed by atoms with E-state index in [0.29, 0.717) is 12.6 Å². The second kappa shape index (κ2) is 7.54. The normalized spacial score (nSPS) is 18.1. The number of carbonyl (C=O) groups excluding carboxylic acids is 1. The Balaban J connectivity index is 1.57. The number of piperidine rings is 1. The van der Waals surface area contributed by atoms with E-state index in [2.05, 4.69) is 9.97 Å². The molecule has 118 valence electrons. The van der Waals surface area contributed by atoms with Gasteiger partial charge in [-0.3, -0.25) is 4.79 Å². The molecular weight excluding hydrogens is 290 g/mol. The molecule has 0 saturated carbocycles. The summed E-state index contributed by atoms with van der Waals surface area (Å²) in [5.74, 6) is 0.0103. The summed E-state index contributed by atoms with van der Waals surface area (Å²) in [6.45, 7) is 1.32. The fourth-order valence-corrected chi connectivity index (χ4v) is 2.57. The van der Waals surface area contributed by atoms with Gasteiger partial charge in [-0.05, 0) is 30.5 Å². The SMILES string of the molecule is O=C(/C=C/c1ccccc1)N1CCCC(Oc2ncccn2)C1. The second-order valence-corrected chi connectivity index (χ2v) is 5.44. The van der Waals surface area contributed by atoms with Crippen molar-refractivity contribution in [2.75, 3.05) is 13.1 Å². The number of rotatable bonds is 4. The molecule has 0 N–H and O–H groups in total. The van der Waals surface area contributed by atoms with Gasteiger partial charge >= 0.3 is 6.01 Å². The molecule has 0 radical (unpaired) electrons. The third kappa shape index (κ3) is 4.39. The van der Waals surface area contributed by atoms with Crippen molar-refractivity contribution in [3.05, 3.63) is 60.4 Å². The molecule has 1 atom stereocenters. The summed E-state index contributed by atoms with van der Waals surface area (Å²) < 4.78 is 5.76. The van der Waals surface area contributed by atoms with Crippen molar-refractivity contribution < 1.29 is 9.53 Å². The first-order chi connectivity index (χ1) is 11.3. The first-order valence-electron chi connectivity index (χ1n) is 7.77. The van der Waals surface area contributed by atoms with Gasteiger partial charge in [-0.15, -0.1) is 0 Å². The van der Waals surface area contributed by atoms with Crippen LogP contribution in [0.1, 0.15) is 18.4 Å². The van der Waals surface area contributed by atoms with Crippen LogP contribution in [0.15, 0.2) is 54.9 Å². The molecule has 1 fully saturated rings. The molecule has 3 rings (SSSR count). The molecular formula is C18H19N3O2. The highest BCUT2D eigenvalue weighted by atomic mass is 16.5. The monoisotopic (exact) mass is 309 g/mol. The summed E-state index contributed by atoms with van der Waals surface area (Å²) in [4.78, 5) is 22.3. The molecule has 0 spiro atoms. The highest BCUT2D eigenvalue weighted by Crippen LogP contribution is 2.15. The van der Waals surface area contributed by atoms with E-state index in [0.717, 1.165) is 24.9 Å². The van der Waals surface area contributed by atoms with E-state index >= 15 is 0 Å². The van der Waals surface area contributed by atoms with Crippen molar-refractivity contribution >= 4 is 12.0 Å². The van der Waals surface area contributed by atoms with Crippen LogP contribution in [0.2, 0.25) is 0 Å². The minimum atomic E-state index is -0.0553. The number of amides is 1. The number of carbonyl (C=O) groups is 1. The van der Waals surface area contributed by atoms with E-state index in [1.54, 1.807) is 24.5 Å². The van der Waals surface area contributed by atoms with Crippen molar-refractivity contribution in [1.82, 2.24) is 14.9 Å². The van der Waals surface area contributed by atoms with Crippen LogP contribution in [0.25, 0.3) is 6.08 Å². The molecule has 0 bridgehead atoms. The van der Waals surface area contributed by atoms with Gasteiger partial charge in [0, 0.05) is 25.0 Å². The number of hydrogen-bond acceptors (Lipinski definition) is 4. The highest BCUT2D eigenvalue weighted by Gasteiger charge is 2.24. The molecule has 5 nitrogen and oxygen atoms in total. The zero-order valence-corrected chi connectivity index (χ0v) is 12.8. The number of aromatic nitrogens is 2. The predicted octanol–water partition coefficient (Wildman–Crippen LogP) is 2.56. The van der Waals surface area contributed by atoms with Crippen molar-refractivity contribution in [3.63, 3.8) is 0 Å². The van der Waals surface area contributed by atoms with Gasteiger partial charge in [0.1, 0.15) is 6.10 Å². The van der Waals surface area contributed by atoms with E-state index in [1.807, 2.05) is 41.3 Å². The Morgan fingerprint density at radius 3 is 2.74 bits per heavy atom. The van der Waals surface area contributed by atoms with E-state index in [9.17, 15) is 4.79 Å². The molecule has 1 unspecified atom stereocenters. The van der Waals surface area contributed by atoms with Gasteiger partial charge in [-0.1, -0.05) is 30.3 Å². The molecule has 23 heavy (non-hydrogen) atoms. The lowest BCUT2D eigenvalue weighted by molar-refractivity contribution is -0.128. The lowest BCUT2D eigenvalue weighted by Gasteiger charge is -2.31. The van der Waals surface area contributed by atoms with E-state index in [1.165, 1.54) is 0 Å². The minimum Gasteiger partial charge on any atom is -0.458 e. The van der Waals surface area contributed by atoms with Gasteiger partial charge in [0.15, 0.2) is 0 Å². The number of hydrogen-bond donors (Lipinski definition) is 0. The Bertz CT molecular complexity index is 658. The minimum absolute atomic E-state index is 0.0103. The number of benzene rings is 1. The van der Waals surface area contributed by atoms with Crippen LogP contribution >= 0.6 is 0 Å². The average molecular weight is 309 g/mol. The molecule has 1 aromatic heterocycles. The van der Waals surface area contributed by atoms with Crippen LogP contribution in [-0.2, 0) is 4.79 Å². The van der Waals surface area contributed by atoms with Gasteiger partial charge in [0.25, 0.3) is 0 Å². The van der Waals surface area contributed by atoms with Gasteiger partial charge in [0.05, 0.1) is 6.54 Å². The Morgan fingerprint density at radius 1 is 1.17 bits per heavy atom. The Morgan fingerprint density at radius 2 is 1.96 bits per heavy atom. The van der Waals surface area contributed by atoms with Crippen LogP contribution in [-0.4, -0.2) is 40.0 Å². The van der Waals surface area contributed by atoms with Gasteiger partial charge < -0.3 is 9.64 Å². The topological polar surface area (TPSA) is 55.3 Å². The number of nitrogens with zero attached hydrogens (tertiary/aromatic N) is 3.